The molecule has 0 aliphatic heterocycles. The first kappa shape index (κ1) is 14.5. The van der Waals surface area contributed by atoms with Crippen molar-refractivity contribution in [1.29, 1.82) is 0 Å². The maximum absolute atomic E-state index is 13.4. The fourth-order valence-electron chi connectivity index (χ4n) is 1.17. The van der Waals surface area contributed by atoms with Crippen LogP contribution in [0.3, 0.4) is 0 Å². The third kappa shape index (κ3) is 3.98. The number of rotatable bonds is 5. The van der Waals surface area contributed by atoms with Crippen LogP contribution in [0.25, 0.3) is 0 Å². The van der Waals surface area contributed by atoms with Crippen LogP contribution in [0.2, 0.25) is 0 Å². The van der Waals surface area contributed by atoms with Gasteiger partial charge >= 0.3 is 0 Å². The second-order valence-electron chi connectivity index (χ2n) is 3.47. The predicted molar refractivity (Wildman–Crippen MR) is 77.2 cm³/mol. The molecule has 0 bridgehead atoms. The minimum Gasteiger partial charge on any atom is -0.378 e. The first-order chi connectivity index (χ1) is 7.95. The Hall–Kier alpha value is -0.570. The molecule has 0 aromatic heterocycles. The van der Waals surface area contributed by atoms with Gasteiger partial charge in [-0.15, -0.1) is 0 Å². The van der Waals surface area contributed by atoms with Gasteiger partial charge in [0, 0.05) is 23.9 Å². The predicted octanol–water partition coefficient (Wildman–Crippen LogP) is 3.50. The summed E-state index contributed by atoms with van der Waals surface area (Å²) < 4.78 is 13.6. The maximum atomic E-state index is 13.4. The van der Waals surface area contributed by atoms with Crippen molar-refractivity contribution in [3.05, 3.63) is 31.6 Å². The van der Waals surface area contributed by atoms with E-state index in [2.05, 4.69) is 5.32 Å². The standard InChI is InChI=1S/C10H12FIN2O2S/c1-6(17-2)5-13-9-3-7(11)8(12)4-10(9)14(15)16/h3-4,6,13H,5H2,1-2H3. The van der Waals surface area contributed by atoms with Crippen molar-refractivity contribution in [2.24, 2.45) is 0 Å². The molecule has 0 saturated heterocycles. The second-order valence-corrected chi connectivity index (χ2v) is 5.91. The lowest BCUT2D eigenvalue weighted by atomic mass is 10.2. The van der Waals surface area contributed by atoms with E-state index in [-0.39, 0.29) is 14.9 Å². The van der Waals surface area contributed by atoms with Crippen molar-refractivity contribution >= 4 is 45.7 Å². The SMILES string of the molecule is CSC(C)CNc1cc(F)c(I)cc1[N+](=O)[O-]. The highest BCUT2D eigenvalue weighted by molar-refractivity contribution is 14.1. The van der Waals surface area contributed by atoms with E-state index in [0.29, 0.717) is 11.8 Å². The first-order valence-electron chi connectivity index (χ1n) is 4.85. The van der Waals surface area contributed by atoms with Gasteiger partial charge in [-0.1, -0.05) is 6.92 Å². The minimum absolute atomic E-state index is 0.0934. The van der Waals surface area contributed by atoms with Gasteiger partial charge in [0.05, 0.1) is 8.49 Å². The van der Waals surface area contributed by atoms with Crippen molar-refractivity contribution in [2.75, 3.05) is 18.1 Å². The molecule has 1 atom stereocenters. The maximum Gasteiger partial charge on any atom is 0.293 e. The quantitative estimate of drug-likeness (QED) is 0.490. The number of benzene rings is 1. The molecule has 0 aliphatic carbocycles. The minimum atomic E-state index is -0.506. The van der Waals surface area contributed by atoms with Crippen LogP contribution >= 0.6 is 34.4 Å². The zero-order valence-electron chi connectivity index (χ0n) is 9.37. The summed E-state index contributed by atoms with van der Waals surface area (Å²) in [5, 5.41) is 14.0. The molecule has 0 radical (unpaired) electrons. The number of halogens is 2. The van der Waals surface area contributed by atoms with Crippen molar-refractivity contribution in [1.82, 2.24) is 0 Å². The van der Waals surface area contributed by atoms with Gasteiger partial charge in [-0.05, 0) is 28.8 Å². The van der Waals surface area contributed by atoms with Gasteiger partial charge in [0.1, 0.15) is 11.5 Å². The van der Waals surface area contributed by atoms with E-state index in [1.807, 2.05) is 13.2 Å². The monoisotopic (exact) mass is 370 g/mol. The molecule has 0 fully saturated rings. The lowest BCUT2D eigenvalue weighted by Gasteiger charge is -2.11. The molecule has 94 valence electrons. The molecule has 1 rings (SSSR count). The number of nitro groups is 1. The zero-order chi connectivity index (χ0) is 13.0. The van der Waals surface area contributed by atoms with Gasteiger partial charge in [0.25, 0.3) is 5.69 Å². The number of nitrogens with one attached hydrogen (secondary N) is 1. The molecule has 7 heteroatoms. The van der Waals surface area contributed by atoms with Crippen LogP contribution < -0.4 is 5.32 Å². The van der Waals surface area contributed by atoms with Crippen molar-refractivity contribution < 1.29 is 9.31 Å². The van der Waals surface area contributed by atoms with Crippen molar-refractivity contribution in [2.45, 2.75) is 12.2 Å². The van der Waals surface area contributed by atoms with Crippen LogP contribution in [0, 0.1) is 19.5 Å². The fourth-order valence-corrected chi connectivity index (χ4v) is 1.87. The largest absolute Gasteiger partial charge is 0.378 e. The molecule has 1 aromatic rings. The van der Waals surface area contributed by atoms with E-state index in [0.717, 1.165) is 0 Å². The molecular formula is C10H12FIN2O2S. The summed E-state index contributed by atoms with van der Waals surface area (Å²) in [6.45, 7) is 2.55. The second kappa shape index (κ2) is 6.39. The van der Waals surface area contributed by atoms with Gasteiger partial charge < -0.3 is 5.32 Å². The summed E-state index contributed by atoms with van der Waals surface area (Å²) in [6.07, 6.45) is 1.95. The van der Waals surface area contributed by atoms with Gasteiger partial charge in [0.2, 0.25) is 0 Å². The number of thioether (sulfide) groups is 1. The Kier molecular flexibility index (Phi) is 5.44. The number of hydrogen-bond donors (Lipinski definition) is 1. The lowest BCUT2D eigenvalue weighted by molar-refractivity contribution is -0.384. The van der Waals surface area contributed by atoms with Crippen molar-refractivity contribution in [3.63, 3.8) is 0 Å². The van der Waals surface area contributed by atoms with E-state index in [9.17, 15) is 14.5 Å². The summed E-state index contributed by atoms with van der Waals surface area (Å²) in [5.41, 5.74) is 0.137. The molecule has 1 aromatic carbocycles. The molecule has 0 saturated carbocycles. The van der Waals surface area contributed by atoms with Crippen LogP contribution in [0.15, 0.2) is 12.1 Å². The Balaban J connectivity index is 2.96. The summed E-state index contributed by atoms with van der Waals surface area (Å²) in [5.74, 6) is -0.449. The highest BCUT2D eigenvalue weighted by Gasteiger charge is 2.17. The number of anilines is 1. The molecule has 0 heterocycles. The van der Waals surface area contributed by atoms with Crippen molar-refractivity contribution in [3.8, 4) is 0 Å². The first-order valence-corrected chi connectivity index (χ1v) is 7.22. The summed E-state index contributed by atoms with van der Waals surface area (Å²) in [4.78, 5) is 10.3. The molecule has 1 N–H and O–H groups in total. The Bertz CT molecular complexity index is 431. The topological polar surface area (TPSA) is 55.2 Å². The number of nitrogens with zero attached hydrogens (tertiary/aromatic N) is 1. The Morgan fingerprint density at radius 2 is 2.29 bits per heavy atom. The number of hydrogen-bond acceptors (Lipinski definition) is 4. The van der Waals surface area contributed by atoms with E-state index >= 15 is 0 Å². The zero-order valence-corrected chi connectivity index (χ0v) is 12.3. The van der Waals surface area contributed by atoms with E-state index < -0.39 is 10.7 Å². The molecule has 0 aliphatic rings. The molecule has 4 nitrogen and oxygen atoms in total. The van der Waals surface area contributed by atoms with E-state index in [4.69, 9.17) is 0 Å². The summed E-state index contributed by atoms with van der Waals surface area (Å²) >= 11 is 3.38. The van der Waals surface area contributed by atoms with Gasteiger partial charge in [-0.3, -0.25) is 10.1 Å². The van der Waals surface area contributed by atoms with Crippen LogP contribution in [0.1, 0.15) is 6.92 Å². The van der Waals surface area contributed by atoms with Crippen LogP contribution in [-0.4, -0.2) is 23.0 Å². The van der Waals surface area contributed by atoms with E-state index in [1.54, 1.807) is 34.4 Å². The van der Waals surface area contributed by atoms with E-state index in [1.165, 1.54) is 12.1 Å². The average Bonchev–Trinajstić information content (AvgIpc) is 2.29. The Morgan fingerprint density at radius 3 is 2.82 bits per heavy atom. The molecular weight excluding hydrogens is 358 g/mol. The average molecular weight is 370 g/mol. The van der Waals surface area contributed by atoms with Crippen LogP contribution in [0.4, 0.5) is 15.8 Å². The normalized spacial score (nSPS) is 12.2. The summed E-state index contributed by atoms with van der Waals surface area (Å²) in [6, 6.07) is 2.41. The van der Waals surface area contributed by atoms with Gasteiger partial charge in [-0.2, -0.15) is 11.8 Å². The molecule has 0 spiro atoms. The molecule has 0 amide bonds. The molecule has 17 heavy (non-hydrogen) atoms. The Labute approximate surface area is 117 Å². The van der Waals surface area contributed by atoms with Gasteiger partial charge in [-0.25, -0.2) is 4.39 Å². The Morgan fingerprint density at radius 1 is 1.65 bits per heavy atom. The molecule has 1 unspecified atom stereocenters. The third-order valence-electron chi connectivity index (χ3n) is 2.22. The fraction of sp³-hybridized carbons (Fsp3) is 0.400. The van der Waals surface area contributed by atoms with Crippen LogP contribution in [0.5, 0.6) is 0 Å². The number of nitro benzene ring substituents is 1. The van der Waals surface area contributed by atoms with Crippen LogP contribution in [-0.2, 0) is 0 Å². The smallest absolute Gasteiger partial charge is 0.293 e. The highest BCUT2D eigenvalue weighted by atomic mass is 127. The lowest BCUT2D eigenvalue weighted by Crippen LogP contribution is -2.14. The summed E-state index contributed by atoms with van der Waals surface area (Å²) in [7, 11) is 0. The highest BCUT2D eigenvalue weighted by Crippen LogP contribution is 2.28. The third-order valence-corrected chi connectivity index (χ3v) is 4.02. The van der Waals surface area contributed by atoms with Gasteiger partial charge in [0.15, 0.2) is 0 Å².